The van der Waals surface area contributed by atoms with E-state index in [4.69, 9.17) is 24.9 Å². The van der Waals surface area contributed by atoms with Gasteiger partial charge in [-0.3, -0.25) is 28.7 Å². The number of nitrogens with two attached hydrogens (primary N) is 1. The van der Waals surface area contributed by atoms with Gasteiger partial charge in [0.05, 0.1) is 11.8 Å². The highest BCUT2D eigenvalue weighted by molar-refractivity contribution is 7.91. The molecule has 5 atom stereocenters. The lowest BCUT2D eigenvalue weighted by molar-refractivity contribution is -0.144. The van der Waals surface area contributed by atoms with E-state index in [1.165, 1.54) is 4.90 Å². The number of fused-ring (bicyclic) bond motifs is 5. The quantitative estimate of drug-likeness (QED) is 0.153. The third-order valence-electron chi connectivity index (χ3n) is 12.1. The lowest BCUT2D eigenvalue weighted by atomic mass is 9.87. The molecule has 5 unspecified atom stereocenters. The van der Waals surface area contributed by atoms with E-state index in [-0.39, 0.29) is 42.7 Å². The smallest absolute Gasteiger partial charge is 0.309 e. The molecule has 5 amide bonds. The second-order valence-corrected chi connectivity index (χ2v) is 19.7. The van der Waals surface area contributed by atoms with Crippen LogP contribution in [0, 0.1) is 5.92 Å². The molecule has 322 valence electrons. The van der Waals surface area contributed by atoms with Crippen molar-refractivity contribution in [1.29, 1.82) is 0 Å². The van der Waals surface area contributed by atoms with Gasteiger partial charge in [-0.25, -0.2) is 13.4 Å². The maximum absolute atomic E-state index is 14.6. The normalized spacial score (nSPS) is 25.6. The van der Waals surface area contributed by atoms with Crippen molar-refractivity contribution < 1.29 is 41.5 Å². The third-order valence-corrected chi connectivity index (χ3v) is 13.9. The monoisotopic (exact) mass is 853 g/mol. The highest BCUT2D eigenvalue weighted by atomic mass is 32.2. The van der Waals surface area contributed by atoms with Gasteiger partial charge in [0.25, 0.3) is 11.8 Å². The van der Waals surface area contributed by atoms with E-state index in [1.807, 2.05) is 54.6 Å². The Morgan fingerprint density at radius 2 is 1.72 bits per heavy atom. The molecule has 3 fully saturated rings. The Bertz CT molecular complexity index is 2540. The average Bonchev–Trinajstić information content (AvgIpc) is 4.12. The average molecular weight is 854 g/mol. The molecule has 16 nitrogen and oxygen atoms in total. The van der Waals surface area contributed by atoms with Gasteiger partial charge in [-0.15, -0.1) is 0 Å². The molecule has 2 saturated carbocycles. The number of amides is 5. The number of nitrogens with zero attached hydrogens (tertiary/aromatic N) is 3. The fourth-order valence-electron chi connectivity index (χ4n) is 8.31. The Morgan fingerprint density at radius 3 is 2.44 bits per heavy atom. The number of hydrogen-bond donors (Lipinski definition) is 4. The molecule has 2 aliphatic heterocycles. The van der Waals surface area contributed by atoms with Crippen LogP contribution in [-0.4, -0.2) is 88.3 Å². The van der Waals surface area contributed by atoms with Crippen LogP contribution in [0.15, 0.2) is 65.1 Å². The number of para-hydroxylation sites is 1. The van der Waals surface area contributed by atoms with E-state index in [9.17, 15) is 32.4 Å². The van der Waals surface area contributed by atoms with Gasteiger partial charge >= 0.3 is 11.8 Å². The number of ether oxygens (including phenoxy) is 1. The first-order valence-corrected chi connectivity index (χ1v) is 22.5. The first-order chi connectivity index (χ1) is 29.0. The number of aromatic nitrogens is 2. The first-order valence-electron chi connectivity index (χ1n) is 21.0. The standard InChI is InChI=1S/C44H51N7O9S/c1-43(2,3)26-18-16-25(17-19-26)37-47-34-30-13-10-11-15-33(30)60-35(34)40(48-37)59-28-22-32-38(53)49-44(42(56)50-61(57,58)29-20-21-29)23-27(44)12-8-6-4-5-7-9-14-31(41(55)51(32)24-28)46-39(54)36(45)52/h8,10-13,15-19,27-29,31-32H,4-7,9,14,20-24H2,1-3H3,(H2,45,52)(H,46,54)(H,49,53)(H,50,56)/b12-8-. The topological polar surface area (TPSA) is 233 Å². The summed E-state index contributed by atoms with van der Waals surface area (Å²) in [6.45, 7) is 6.22. The molecule has 4 heterocycles. The lowest BCUT2D eigenvalue weighted by Gasteiger charge is -2.29. The molecule has 2 aliphatic carbocycles. The van der Waals surface area contributed by atoms with Crippen LogP contribution in [0.1, 0.15) is 90.5 Å². The van der Waals surface area contributed by atoms with Gasteiger partial charge in [-0.2, -0.15) is 4.98 Å². The third kappa shape index (κ3) is 8.70. The minimum atomic E-state index is -3.95. The molecule has 4 aromatic rings. The Balaban J connectivity index is 1.15. The van der Waals surface area contributed by atoms with Gasteiger partial charge in [0.1, 0.15) is 34.8 Å². The summed E-state index contributed by atoms with van der Waals surface area (Å²) in [5.74, 6) is -4.64. The summed E-state index contributed by atoms with van der Waals surface area (Å²) in [5.41, 5.74) is 6.79. The van der Waals surface area contributed by atoms with Crippen LogP contribution in [0.2, 0.25) is 0 Å². The molecule has 2 aromatic carbocycles. The highest BCUT2D eigenvalue weighted by Crippen LogP contribution is 2.46. The molecule has 0 spiro atoms. The fraction of sp³-hybridized carbons (Fsp3) is 0.477. The van der Waals surface area contributed by atoms with Crippen molar-refractivity contribution in [3.63, 3.8) is 0 Å². The lowest BCUT2D eigenvalue weighted by Crippen LogP contribution is -2.58. The molecule has 61 heavy (non-hydrogen) atoms. The number of hydrogen-bond acceptors (Lipinski definition) is 11. The van der Waals surface area contributed by atoms with Gasteiger partial charge in [-0.05, 0) is 61.6 Å². The minimum absolute atomic E-state index is 0.0754. The molecule has 8 rings (SSSR count). The van der Waals surface area contributed by atoms with Gasteiger partial charge in [0.2, 0.25) is 27.4 Å². The number of nitrogens with one attached hydrogen (secondary N) is 3. The number of rotatable bonds is 7. The summed E-state index contributed by atoms with van der Waals surface area (Å²) in [7, 11) is -3.95. The number of furan rings is 1. The Kier molecular flexibility index (Phi) is 11.1. The van der Waals surface area contributed by atoms with E-state index < -0.39 is 74.5 Å². The minimum Gasteiger partial charge on any atom is -0.470 e. The molecule has 0 bridgehead atoms. The summed E-state index contributed by atoms with van der Waals surface area (Å²) in [6, 6.07) is 12.9. The number of primary amides is 1. The predicted octanol–water partition coefficient (Wildman–Crippen LogP) is 4.05. The summed E-state index contributed by atoms with van der Waals surface area (Å²) >= 11 is 0. The summed E-state index contributed by atoms with van der Waals surface area (Å²) in [6.07, 6.45) is 7.59. The zero-order valence-electron chi connectivity index (χ0n) is 34.4. The maximum atomic E-state index is 14.6. The number of carbonyl (C=O) groups is 5. The molecule has 1 saturated heterocycles. The fourth-order valence-corrected chi connectivity index (χ4v) is 9.67. The predicted molar refractivity (Wildman–Crippen MR) is 225 cm³/mol. The zero-order chi connectivity index (χ0) is 43.3. The van der Waals surface area contributed by atoms with Crippen molar-refractivity contribution in [3.8, 4) is 17.3 Å². The highest BCUT2D eigenvalue weighted by Gasteiger charge is 2.62. The van der Waals surface area contributed by atoms with Crippen molar-refractivity contribution in [2.45, 2.75) is 119 Å². The second-order valence-electron chi connectivity index (χ2n) is 17.7. The van der Waals surface area contributed by atoms with E-state index >= 15 is 0 Å². The van der Waals surface area contributed by atoms with Crippen LogP contribution in [0.5, 0.6) is 5.88 Å². The van der Waals surface area contributed by atoms with Crippen molar-refractivity contribution in [2.75, 3.05) is 6.54 Å². The van der Waals surface area contributed by atoms with Gasteiger partial charge in [0.15, 0.2) is 5.82 Å². The number of carbonyl (C=O) groups excluding carboxylic acids is 5. The summed E-state index contributed by atoms with van der Waals surface area (Å²) < 4.78 is 41.0. The number of sulfonamides is 1. The van der Waals surface area contributed by atoms with Gasteiger partial charge in [-0.1, -0.05) is 88.6 Å². The first kappa shape index (κ1) is 41.9. The van der Waals surface area contributed by atoms with Crippen molar-refractivity contribution in [3.05, 3.63) is 66.2 Å². The number of benzene rings is 2. The van der Waals surface area contributed by atoms with Crippen LogP contribution in [0.4, 0.5) is 0 Å². The van der Waals surface area contributed by atoms with Crippen LogP contribution in [-0.2, 0) is 39.4 Å². The van der Waals surface area contributed by atoms with Crippen LogP contribution in [0.3, 0.4) is 0 Å². The van der Waals surface area contributed by atoms with Crippen molar-refractivity contribution in [2.24, 2.45) is 11.7 Å². The molecule has 2 aromatic heterocycles. The zero-order valence-corrected chi connectivity index (χ0v) is 35.3. The molecule has 0 radical (unpaired) electrons. The van der Waals surface area contributed by atoms with E-state index in [0.717, 1.165) is 35.8 Å². The Hall–Kier alpha value is -5.84. The van der Waals surface area contributed by atoms with Crippen molar-refractivity contribution >= 4 is 61.6 Å². The van der Waals surface area contributed by atoms with Crippen LogP contribution in [0.25, 0.3) is 33.5 Å². The van der Waals surface area contributed by atoms with E-state index in [0.29, 0.717) is 42.6 Å². The molecule has 5 N–H and O–H groups in total. The van der Waals surface area contributed by atoms with Gasteiger partial charge < -0.3 is 30.4 Å². The van der Waals surface area contributed by atoms with Gasteiger partial charge in [0, 0.05) is 23.3 Å². The molecular weight excluding hydrogens is 803 g/mol. The Labute approximate surface area is 353 Å². The SMILES string of the molecule is CC(C)(C)c1ccc(-c2nc(OC3CC4C(=O)NC5(C(=O)NS(=O)(=O)C6CC6)CC5/C=C\CCCCCCC(NC(=O)C(N)=O)C(=O)N4C3)c3oc4ccccc4c3n2)cc1. The van der Waals surface area contributed by atoms with Crippen LogP contribution >= 0.6 is 0 Å². The van der Waals surface area contributed by atoms with E-state index in [2.05, 4.69) is 36.1 Å². The van der Waals surface area contributed by atoms with Crippen molar-refractivity contribution in [1.82, 2.24) is 30.2 Å². The summed E-state index contributed by atoms with van der Waals surface area (Å²) in [5, 5.41) is 5.39. The van der Waals surface area contributed by atoms with Crippen LogP contribution < -0.4 is 25.8 Å². The molecular formula is C44H51N7O9S. The Morgan fingerprint density at radius 1 is 0.984 bits per heavy atom. The molecule has 4 aliphatic rings. The molecule has 17 heteroatoms. The summed E-state index contributed by atoms with van der Waals surface area (Å²) in [4.78, 5) is 78.5. The second kappa shape index (κ2) is 16.2. The number of allylic oxidation sites excluding steroid dienone is 1. The maximum Gasteiger partial charge on any atom is 0.309 e. The van der Waals surface area contributed by atoms with E-state index in [1.54, 1.807) is 6.07 Å². The largest absolute Gasteiger partial charge is 0.470 e.